The van der Waals surface area contributed by atoms with Crippen molar-refractivity contribution >= 4 is 18.0 Å². The third-order valence-electron chi connectivity index (χ3n) is 3.48. The number of nitrogens with one attached hydrogen (secondary N) is 2. The van der Waals surface area contributed by atoms with Crippen molar-refractivity contribution in [2.45, 2.75) is 77.4 Å². The minimum atomic E-state index is -1.14. The van der Waals surface area contributed by atoms with Gasteiger partial charge in [-0.05, 0) is 52.9 Å². The molecule has 11 heteroatoms. The van der Waals surface area contributed by atoms with Crippen molar-refractivity contribution in [2.75, 3.05) is 13.2 Å². The average molecular weight is 405 g/mol. The minimum absolute atomic E-state index is 0.0245. The molecule has 1 unspecified atom stereocenters. The van der Waals surface area contributed by atoms with E-state index < -0.39 is 28.8 Å². The Balaban J connectivity index is 3.84. The van der Waals surface area contributed by atoms with Crippen molar-refractivity contribution in [3.05, 3.63) is 10.1 Å². The van der Waals surface area contributed by atoms with Crippen LogP contribution in [0.25, 0.3) is 0 Å². The highest BCUT2D eigenvalue weighted by atomic mass is 16.9. The van der Waals surface area contributed by atoms with E-state index in [0.717, 1.165) is 0 Å². The van der Waals surface area contributed by atoms with E-state index in [1.807, 2.05) is 0 Å². The van der Waals surface area contributed by atoms with Crippen LogP contribution in [0.2, 0.25) is 0 Å². The van der Waals surface area contributed by atoms with Crippen LogP contribution in [-0.2, 0) is 19.2 Å². The molecule has 0 saturated carbocycles. The Kier molecular flexibility index (Phi) is 12.3. The second-order valence-electron chi connectivity index (χ2n) is 7.25. The number of nitrogens with zero attached hydrogens (tertiary/aromatic N) is 1. The number of amides is 2. The van der Waals surface area contributed by atoms with Gasteiger partial charge in [-0.3, -0.25) is 4.79 Å². The quantitative estimate of drug-likeness (QED) is 0.225. The van der Waals surface area contributed by atoms with E-state index in [-0.39, 0.29) is 18.9 Å². The molecule has 0 rings (SSSR count). The van der Waals surface area contributed by atoms with Crippen LogP contribution in [0.5, 0.6) is 0 Å². The Hall–Kier alpha value is -2.59. The molecule has 2 amide bonds. The first-order chi connectivity index (χ1) is 13.0. The Labute approximate surface area is 164 Å². The number of rotatable bonds is 14. The number of alkyl carbamates (subject to hydrolysis) is 1. The number of carboxylic acids is 1. The highest BCUT2D eigenvalue weighted by Crippen LogP contribution is 2.08. The largest absolute Gasteiger partial charge is 0.480 e. The summed E-state index contributed by atoms with van der Waals surface area (Å²) < 4.78 is 5.04. The van der Waals surface area contributed by atoms with E-state index in [0.29, 0.717) is 45.1 Å². The molecule has 0 heterocycles. The highest BCUT2D eigenvalue weighted by Gasteiger charge is 2.23. The summed E-state index contributed by atoms with van der Waals surface area (Å²) in [5.74, 6) is -1.27. The summed E-state index contributed by atoms with van der Waals surface area (Å²) in [6, 6.07) is -1.05. The van der Waals surface area contributed by atoms with Gasteiger partial charge in [-0.25, -0.2) is 9.59 Å². The third kappa shape index (κ3) is 15.6. The average Bonchev–Trinajstić information content (AvgIpc) is 2.54. The van der Waals surface area contributed by atoms with Gasteiger partial charge in [0.15, 0.2) is 0 Å². The molecular weight excluding hydrogens is 374 g/mol. The maximum absolute atomic E-state index is 11.7. The van der Waals surface area contributed by atoms with Crippen LogP contribution in [0.4, 0.5) is 4.79 Å². The SMILES string of the molecule is CC(C)(C)OC(=O)NC(CCCCNC(=O)CCCCCO[N+](=O)[O-])C(=O)O. The second kappa shape index (κ2) is 13.6. The smallest absolute Gasteiger partial charge is 0.408 e. The number of carboxylic acid groups (broad SMARTS) is 1. The first-order valence-corrected chi connectivity index (χ1v) is 9.27. The lowest BCUT2D eigenvalue weighted by Crippen LogP contribution is -2.43. The Bertz CT molecular complexity index is 519. The fraction of sp³-hybridized carbons (Fsp3) is 0.824. The lowest BCUT2D eigenvalue weighted by atomic mass is 10.1. The standard InChI is InChI=1S/C17H31N3O8/c1-17(2,3)28-16(24)19-13(15(22)23)9-6-7-11-18-14(21)10-5-4-8-12-27-20(25)26/h13H,4-12H2,1-3H3,(H,18,21)(H,19,24)(H,22,23). The number of ether oxygens (including phenoxy) is 1. The molecular formula is C17H31N3O8. The summed E-state index contributed by atoms with van der Waals surface area (Å²) in [4.78, 5) is 48.7. The Morgan fingerprint density at radius 2 is 1.79 bits per heavy atom. The molecule has 1 atom stereocenters. The number of hydrogen-bond donors (Lipinski definition) is 3. The van der Waals surface area contributed by atoms with Crippen LogP contribution < -0.4 is 10.6 Å². The molecule has 0 radical (unpaired) electrons. The molecule has 28 heavy (non-hydrogen) atoms. The summed E-state index contributed by atoms with van der Waals surface area (Å²) >= 11 is 0. The summed E-state index contributed by atoms with van der Waals surface area (Å²) in [6.45, 7) is 5.49. The zero-order valence-electron chi connectivity index (χ0n) is 16.7. The lowest BCUT2D eigenvalue weighted by Gasteiger charge is -2.22. The number of hydrogen-bond acceptors (Lipinski definition) is 7. The maximum Gasteiger partial charge on any atom is 0.408 e. The molecule has 0 saturated heterocycles. The van der Waals surface area contributed by atoms with Gasteiger partial charge in [0, 0.05) is 13.0 Å². The molecule has 0 aliphatic heterocycles. The summed E-state index contributed by atoms with van der Waals surface area (Å²) in [6.07, 6.45) is 2.60. The molecule has 0 aliphatic carbocycles. The van der Waals surface area contributed by atoms with Gasteiger partial charge < -0.3 is 25.3 Å². The maximum atomic E-state index is 11.7. The molecule has 0 fully saturated rings. The van der Waals surface area contributed by atoms with Crippen molar-refractivity contribution in [1.82, 2.24) is 10.6 Å². The Morgan fingerprint density at radius 3 is 2.36 bits per heavy atom. The van der Waals surface area contributed by atoms with Gasteiger partial charge in [-0.15, -0.1) is 10.1 Å². The number of unbranched alkanes of at least 4 members (excludes halogenated alkanes) is 3. The van der Waals surface area contributed by atoms with Crippen molar-refractivity contribution in [3.63, 3.8) is 0 Å². The molecule has 162 valence electrons. The number of carbonyl (C=O) groups excluding carboxylic acids is 2. The second-order valence-corrected chi connectivity index (χ2v) is 7.25. The first-order valence-electron chi connectivity index (χ1n) is 9.27. The third-order valence-corrected chi connectivity index (χ3v) is 3.48. The molecule has 0 bridgehead atoms. The Morgan fingerprint density at radius 1 is 1.11 bits per heavy atom. The summed E-state index contributed by atoms with van der Waals surface area (Å²) in [5, 5.41) is 23.3. The van der Waals surface area contributed by atoms with Crippen molar-refractivity contribution in [2.24, 2.45) is 0 Å². The summed E-state index contributed by atoms with van der Waals surface area (Å²) in [5.41, 5.74) is -0.711. The molecule has 0 spiro atoms. The van der Waals surface area contributed by atoms with E-state index in [1.54, 1.807) is 20.8 Å². The van der Waals surface area contributed by atoms with Gasteiger partial charge in [0.1, 0.15) is 11.6 Å². The zero-order valence-corrected chi connectivity index (χ0v) is 16.7. The van der Waals surface area contributed by atoms with E-state index >= 15 is 0 Å². The van der Waals surface area contributed by atoms with Gasteiger partial charge in [-0.2, -0.15) is 0 Å². The van der Waals surface area contributed by atoms with Gasteiger partial charge in [0.2, 0.25) is 5.91 Å². The van der Waals surface area contributed by atoms with Crippen LogP contribution in [0.3, 0.4) is 0 Å². The molecule has 0 aromatic rings. The van der Waals surface area contributed by atoms with E-state index in [4.69, 9.17) is 9.84 Å². The predicted molar refractivity (Wildman–Crippen MR) is 99.1 cm³/mol. The lowest BCUT2D eigenvalue weighted by molar-refractivity contribution is -0.757. The number of aliphatic carboxylic acids is 1. The molecule has 0 aromatic heterocycles. The fourth-order valence-corrected chi connectivity index (χ4v) is 2.20. The molecule has 3 N–H and O–H groups in total. The van der Waals surface area contributed by atoms with Crippen LogP contribution in [0, 0.1) is 10.1 Å². The van der Waals surface area contributed by atoms with Crippen molar-refractivity contribution in [3.8, 4) is 0 Å². The fourth-order valence-electron chi connectivity index (χ4n) is 2.20. The van der Waals surface area contributed by atoms with Crippen molar-refractivity contribution in [1.29, 1.82) is 0 Å². The molecule has 0 aliphatic rings. The molecule has 0 aromatic carbocycles. The normalized spacial score (nSPS) is 12.0. The van der Waals surface area contributed by atoms with E-state index in [2.05, 4.69) is 15.5 Å². The monoisotopic (exact) mass is 405 g/mol. The first kappa shape index (κ1) is 25.4. The van der Waals surface area contributed by atoms with Gasteiger partial charge in [0.25, 0.3) is 5.09 Å². The van der Waals surface area contributed by atoms with Gasteiger partial charge >= 0.3 is 12.1 Å². The predicted octanol–water partition coefficient (Wildman–Crippen LogP) is 2.02. The van der Waals surface area contributed by atoms with E-state index in [9.17, 15) is 24.5 Å². The molecule has 11 nitrogen and oxygen atoms in total. The van der Waals surface area contributed by atoms with Gasteiger partial charge in [0.05, 0.1) is 6.61 Å². The minimum Gasteiger partial charge on any atom is -0.480 e. The van der Waals surface area contributed by atoms with Crippen LogP contribution >= 0.6 is 0 Å². The zero-order chi connectivity index (χ0) is 21.6. The number of carbonyl (C=O) groups is 3. The van der Waals surface area contributed by atoms with E-state index in [1.165, 1.54) is 0 Å². The van der Waals surface area contributed by atoms with Crippen LogP contribution in [-0.4, -0.2) is 53.0 Å². The van der Waals surface area contributed by atoms with Crippen LogP contribution in [0.15, 0.2) is 0 Å². The van der Waals surface area contributed by atoms with Crippen LogP contribution in [0.1, 0.15) is 65.7 Å². The van der Waals surface area contributed by atoms with Crippen molar-refractivity contribution < 1.29 is 34.2 Å². The van der Waals surface area contributed by atoms with Gasteiger partial charge in [-0.1, -0.05) is 6.42 Å². The topological polar surface area (TPSA) is 157 Å². The highest BCUT2D eigenvalue weighted by molar-refractivity contribution is 5.80. The summed E-state index contributed by atoms with van der Waals surface area (Å²) in [7, 11) is 0.